The summed E-state index contributed by atoms with van der Waals surface area (Å²) >= 11 is 0. The van der Waals surface area contributed by atoms with E-state index in [1.165, 1.54) is 11.1 Å². The molecule has 1 aromatic rings. The van der Waals surface area contributed by atoms with E-state index in [9.17, 15) is 0 Å². The van der Waals surface area contributed by atoms with Crippen LogP contribution in [0.15, 0.2) is 48.6 Å². The summed E-state index contributed by atoms with van der Waals surface area (Å²) in [7, 11) is 0. The quantitative estimate of drug-likeness (QED) is 0.617. The van der Waals surface area contributed by atoms with Crippen LogP contribution >= 0.6 is 0 Å². The maximum absolute atomic E-state index is 2.29. The fourth-order valence-electron chi connectivity index (χ4n) is 1.42. The molecule has 0 saturated carbocycles. The van der Waals surface area contributed by atoms with Crippen LogP contribution in [0.25, 0.3) is 5.57 Å². The maximum atomic E-state index is 2.29. The summed E-state index contributed by atoms with van der Waals surface area (Å²) in [5.74, 6) is 0.585. The van der Waals surface area contributed by atoms with E-state index in [4.69, 9.17) is 0 Å². The van der Waals surface area contributed by atoms with Gasteiger partial charge in [-0.3, -0.25) is 0 Å². The smallest absolute Gasteiger partial charge is 0.0187 e. The number of allylic oxidation sites excluding steroid dienone is 4. The van der Waals surface area contributed by atoms with Gasteiger partial charge in [-0.2, -0.15) is 0 Å². The third kappa shape index (κ3) is 3.21. The zero-order valence-electron chi connectivity index (χ0n) is 9.20. The van der Waals surface area contributed by atoms with E-state index in [-0.39, 0.29) is 0 Å². The molecule has 0 spiro atoms. The molecule has 1 rings (SSSR count). The number of hydrogen-bond donors (Lipinski definition) is 0. The van der Waals surface area contributed by atoms with Crippen LogP contribution in [0.3, 0.4) is 0 Å². The topological polar surface area (TPSA) is 0 Å². The zero-order valence-corrected chi connectivity index (χ0v) is 9.20. The van der Waals surface area contributed by atoms with Gasteiger partial charge in [-0.1, -0.05) is 62.4 Å². The standard InChI is InChI=1S/C14H18/c1-4-8-14(11-12(2)3)13-9-6-5-7-10-13/h4-12H,1-3H3/b8-4-,14-11+. The van der Waals surface area contributed by atoms with E-state index >= 15 is 0 Å². The molecule has 74 valence electrons. The van der Waals surface area contributed by atoms with Crippen molar-refractivity contribution in [2.75, 3.05) is 0 Å². The molecule has 0 N–H and O–H groups in total. The van der Waals surface area contributed by atoms with Gasteiger partial charge < -0.3 is 0 Å². The van der Waals surface area contributed by atoms with Crippen molar-refractivity contribution in [3.05, 3.63) is 54.1 Å². The van der Waals surface area contributed by atoms with Crippen molar-refractivity contribution in [2.45, 2.75) is 20.8 Å². The van der Waals surface area contributed by atoms with Crippen molar-refractivity contribution >= 4 is 5.57 Å². The molecule has 0 atom stereocenters. The van der Waals surface area contributed by atoms with Gasteiger partial charge in [0.05, 0.1) is 0 Å². The molecule has 0 heterocycles. The zero-order chi connectivity index (χ0) is 10.4. The van der Waals surface area contributed by atoms with Crippen LogP contribution in [0.4, 0.5) is 0 Å². The molecule has 0 fully saturated rings. The van der Waals surface area contributed by atoms with Gasteiger partial charge in [-0.05, 0) is 24.0 Å². The average Bonchev–Trinajstić information content (AvgIpc) is 2.18. The van der Waals surface area contributed by atoms with Gasteiger partial charge in [0.25, 0.3) is 0 Å². The molecule has 0 bridgehead atoms. The highest BCUT2D eigenvalue weighted by Crippen LogP contribution is 2.17. The molecule has 0 aliphatic carbocycles. The normalized spacial score (nSPS) is 12.7. The van der Waals surface area contributed by atoms with Gasteiger partial charge in [-0.25, -0.2) is 0 Å². The summed E-state index contributed by atoms with van der Waals surface area (Å²) in [5, 5.41) is 0. The minimum atomic E-state index is 0.585. The van der Waals surface area contributed by atoms with Gasteiger partial charge in [0, 0.05) is 0 Å². The molecule has 0 unspecified atom stereocenters. The predicted molar refractivity (Wildman–Crippen MR) is 64.1 cm³/mol. The van der Waals surface area contributed by atoms with Crippen molar-refractivity contribution < 1.29 is 0 Å². The molecule has 14 heavy (non-hydrogen) atoms. The second-order valence-electron chi connectivity index (χ2n) is 3.73. The molecule has 1 aromatic carbocycles. The Labute approximate surface area is 87.0 Å². The van der Waals surface area contributed by atoms with Crippen molar-refractivity contribution in [1.82, 2.24) is 0 Å². The van der Waals surface area contributed by atoms with Gasteiger partial charge in [0.2, 0.25) is 0 Å². The minimum absolute atomic E-state index is 0.585. The SMILES string of the molecule is C/C=C\C(=C/C(C)C)c1ccccc1. The first-order chi connectivity index (χ1) is 6.74. The van der Waals surface area contributed by atoms with Crippen LogP contribution in [-0.4, -0.2) is 0 Å². The largest absolute Gasteiger partial charge is 0.0871 e. The summed E-state index contributed by atoms with van der Waals surface area (Å²) in [5.41, 5.74) is 2.60. The Hall–Kier alpha value is -1.30. The highest BCUT2D eigenvalue weighted by Gasteiger charge is 1.97. The molecule has 0 amide bonds. The average molecular weight is 186 g/mol. The molecule has 0 heteroatoms. The Balaban J connectivity index is 3.01. The summed E-state index contributed by atoms with van der Waals surface area (Å²) in [6.07, 6.45) is 6.53. The molecule has 0 nitrogen and oxygen atoms in total. The lowest BCUT2D eigenvalue weighted by molar-refractivity contribution is 0.834. The van der Waals surface area contributed by atoms with Crippen LogP contribution in [0, 0.1) is 5.92 Å². The van der Waals surface area contributed by atoms with E-state index in [0.717, 1.165) is 0 Å². The second kappa shape index (κ2) is 5.43. The minimum Gasteiger partial charge on any atom is -0.0871 e. The molecular formula is C14H18. The highest BCUT2D eigenvalue weighted by molar-refractivity contribution is 5.73. The first-order valence-electron chi connectivity index (χ1n) is 5.14. The van der Waals surface area contributed by atoms with E-state index in [2.05, 4.69) is 63.3 Å². The molecule has 0 aliphatic rings. The number of benzene rings is 1. The van der Waals surface area contributed by atoms with Gasteiger partial charge in [0.1, 0.15) is 0 Å². The lowest BCUT2D eigenvalue weighted by Gasteiger charge is -2.04. The van der Waals surface area contributed by atoms with Gasteiger partial charge in [0.15, 0.2) is 0 Å². The Morgan fingerprint density at radius 3 is 2.29 bits per heavy atom. The predicted octanol–water partition coefficient (Wildman–Crippen LogP) is 4.30. The Kier molecular flexibility index (Phi) is 4.18. The maximum Gasteiger partial charge on any atom is -0.0187 e. The van der Waals surface area contributed by atoms with Gasteiger partial charge >= 0.3 is 0 Å². The lowest BCUT2D eigenvalue weighted by atomic mass is 10.0. The fraction of sp³-hybridized carbons (Fsp3) is 0.286. The van der Waals surface area contributed by atoms with E-state index < -0.39 is 0 Å². The fourth-order valence-corrected chi connectivity index (χ4v) is 1.42. The molecule has 0 radical (unpaired) electrons. The Morgan fingerprint density at radius 1 is 1.14 bits per heavy atom. The molecule has 0 aliphatic heterocycles. The van der Waals surface area contributed by atoms with Crippen molar-refractivity contribution in [3.63, 3.8) is 0 Å². The van der Waals surface area contributed by atoms with Crippen molar-refractivity contribution in [3.8, 4) is 0 Å². The summed E-state index contributed by atoms with van der Waals surface area (Å²) in [4.78, 5) is 0. The molecular weight excluding hydrogens is 168 g/mol. The summed E-state index contributed by atoms with van der Waals surface area (Å²) in [6.45, 7) is 6.45. The lowest BCUT2D eigenvalue weighted by Crippen LogP contribution is -1.85. The van der Waals surface area contributed by atoms with Crippen LogP contribution in [0.1, 0.15) is 26.3 Å². The highest BCUT2D eigenvalue weighted by atomic mass is 14.0. The third-order valence-corrected chi connectivity index (χ3v) is 1.97. The molecule has 0 saturated heterocycles. The van der Waals surface area contributed by atoms with Crippen LogP contribution in [0.5, 0.6) is 0 Å². The van der Waals surface area contributed by atoms with E-state index in [1.54, 1.807) is 0 Å². The van der Waals surface area contributed by atoms with Crippen LogP contribution in [0.2, 0.25) is 0 Å². The van der Waals surface area contributed by atoms with Crippen LogP contribution in [-0.2, 0) is 0 Å². The second-order valence-corrected chi connectivity index (χ2v) is 3.73. The first kappa shape index (κ1) is 10.8. The number of hydrogen-bond acceptors (Lipinski definition) is 0. The van der Waals surface area contributed by atoms with Gasteiger partial charge in [-0.15, -0.1) is 0 Å². The summed E-state index contributed by atoms with van der Waals surface area (Å²) in [6, 6.07) is 10.5. The van der Waals surface area contributed by atoms with E-state index in [1.807, 2.05) is 6.07 Å². The molecule has 0 aromatic heterocycles. The summed E-state index contributed by atoms with van der Waals surface area (Å²) < 4.78 is 0. The van der Waals surface area contributed by atoms with Crippen LogP contribution < -0.4 is 0 Å². The van der Waals surface area contributed by atoms with Crippen molar-refractivity contribution in [1.29, 1.82) is 0 Å². The monoisotopic (exact) mass is 186 g/mol. The number of rotatable bonds is 3. The third-order valence-electron chi connectivity index (χ3n) is 1.97. The first-order valence-corrected chi connectivity index (χ1v) is 5.14. The van der Waals surface area contributed by atoms with E-state index in [0.29, 0.717) is 5.92 Å². The Bertz CT molecular complexity index is 315. The Morgan fingerprint density at radius 2 is 1.79 bits per heavy atom. The van der Waals surface area contributed by atoms with Crippen molar-refractivity contribution in [2.24, 2.45) is 5.92 Å².